The number of aliphatic hydroxyl groups excluding tert-OH is 2. The van der Waals surface area contributed by atoms with Gasteiger partial charge in [-0.2, -0.15) is 0 Å². The van der Waals surface area contributed by atoms with Gasteiger partial charge >= 0.3 is 5.97 Å². The van der Waals surface area contributed by atoms with E-state index in [0.29, 0.717) is 6.42 Å². The van der Waals surface area contributed by atoms with Crippen LogP contribution in [0.5, 0.6) is 0 Å². The fourth-order valence-corrected chi connectivity index (χ4v) is 7.90. The summed E-state index contributed by atoms with van der Waals surface area (Å²) in [7, 11) is 0. The summed E-state index contributed by atoms with van der Waals surface area (Å²) in [6, 6.07) is 0. The van der Waals surface area contributed by atoms with Gasteiger partial charge in [-0.15, -0.1) is 0 Å². The smallest absolute Gasteiger partial charge is 0.306 e. The number of alkyl halides is 1. The summed E-state index contributed by atoms with van der Waals surface area (Å²) in [5, 5.41) is 21.3. The van der Waals surface area contributed by atoms with E-state index in [0.717, 1.165) is 12.5 Å². The number of Topliss-reactive ketones (excluding diaryl/α,β-unsaturated/α-hetero) is 2. The van der Waals surface area contributed by atoms with Crippen LogP contribution in [0.4, 0.5) is 4.39 Å². The SMILES string of the molecule is CCCCC(=O)O[C@]1(C(=O)CO)C(C)C[C@H]2[C@@H]3CC(=O)C4=CC(=O)C=C[C@]4(C)[C@@]3(F)C(O)C[C@@]21C. The number of esters is 1. The first kappa shape index (κ1) is 25.9. The van der Waals surface area contributed by atoms with Crippen LogP contribution in [0, 0.1) is 28.6 Å². The number of fused-ring (bicyclic) bond motifs is 5. The zero-order valence-corrected chi connectivity index (χ0v) is 20.8. The Balaban J connectivity index is 1.84. The first-order chi connectivity index (χ1) is 16.3. The minimum atomic E-state index is -2.27. The van der Waals surface area contributed by atoms with E-state index in [1.807, 2.05) is 6.92 Å². The molecule has 0 spiro atoms. The van der Waals surface area contributed by atoms with Gasteiger partial charge in [0.1, 0.15) is 6.61 Å². The molecule has 2 unspecified atom stereocenters. The minimum Gasteiger partial charge on any atom is -0.450 e. The molecule has 0 saturated heterocycles. The molecule has 3 saturated carbocycles. The number of carbonyl (C=O) groups is 4. The van der Waals surface area contributed by atoms with Crippen LogP contribution in [-0.2, 0) is 23.9 Å². The van der Waals surface area contributed by atoms with Crippen molar-refractivity contribution in [2.45, 2.75) is 83.6 Å². The number of ketones is 3. The van der Waals surface area contributed by atoms with Crippen molar-refractivity contribution in [1.82, 2.24) is 0 Å². The topological polar surface area (TPSA) is 118 Å². The lowest BCUT2D eigenvalue weighted by Crippen LogP contribution is -2.71. The molecule has 8 heteroatoms. The highest BCUT2D eigenvalue weighted by Crippen LogP contribution is 2.71. The Morgan fingerprint density at radius 2 is 1.91 bits per heavy atom. The van der Waals surface area contributed by atoms with Crippen molar-refractivity contribution in [3.63, 3.8) is 0 Å². The lowest BCUT2D eigenvalue weighted by molar-refractivity contribution is -0.227. The Bertz CT molecular complexity index is 1030. The van der Waals surface area contributed by atoms with Crippen molar-refractivity contribution in [2.24, 2.45) is 28.6 Å². The highest BCUT2D eigenvalue weighted by molar-refractivity contribution is 6.10. The summed E-state index contributed by atoms with van der Waals surface area (Å²) in [6.07, 6.45) is 3.47. The zero-order chi connectivity index (χ0) is 26.0. The highest BCUT2D eigenvalue weighted by atomic mass is 19.1. The molecule has 4 aliphatic rings. The standard InChI is InChI=1S/C27H35FO7/c1-5-6-7-23(34)35-27(22(33)14-29)15(2)10-17-18-12-20(31)19-11-16(30)8-9-24(19,3)26(18,28)21(32)13-25(17,27)4/h8-9,11,15,17-18,21,29,32H,5-7,10,12-14H2,1-4H3/t15?,17-,18-,21?,24-,25-,26-,27-/m0/s1. The van der Waals surface area contributed by atoms with E-state index >= 15 is 4.39 Å². The molecular weight excluding hydrogens is 455 g/mol. The second-order valence-electron chi connectivity index (χ2n) is 11.3. The Labute approximate surface area is 204 Å². The molecule has 192 valence electrons. The fraction of sp³-hybridized carbons (Fsp3) is 0.704. The van der Waals surface area contributed by atoms with Gasteiger partial charge in [-0.25, -0.2) is 4.39 Å². The Hall–Kier alpha value is -2.19. The van der Waals surface area contributed by atoms with Gasteiger partial charge in [-0.05, 0) is 44.3 Å². The minimum absolute atomic E-state index is 0.0566. The fourth-order valence-electron chi connectivity index (χ4n) is 7.90. The third-order valence-corrected chi connectivity index (χ3v) is 9.59. The molecule has 35 heavy (non-hydrogen) atoms. The molecule has 0 heterocycles. The summed E-state index contributed by atoms with van der Waals surface area (Å²) in [6.45, 7) is 6.06. The average Bonchev–Trinajstić information content (AvgIpc) is 3.02. The van der Waals surface area contributed by atoms with Gasteiger partial charge in [0.2, 0.25) is 5.78 Å². The lowest BCUT2D eigenvalue weighted by atomic mass is 9.44. The van der Waals surface area contributed by atoms with Crippen LogP contribution in [0.1, 0.15) is 66.2 Å². The van der Waals surface area contributed by atoms with E-state index in [-0.39, 0.29) is 37.0 Å². The van der Waals surface area contributed by atoms with Crippen LogP contribution in [0.2, 0.25) is 0 Å². The lowest BCUT2D eigenvalue weighted by Gasteiger charge is -2.62. The van der Waals surface area contributed by atoms with Crippen LogP contribution in [0.15, 0.2) is 23.8 Å². The van der Waals surface area contributed by atoms with Gasteiger partial charge in [0.05, 0.1) is 11.5 Å². The Kier molecular flexibility index (Phi) is 6.24. The van der Waals surface area contributed by atoms with Crippen molar-refractivity contribution >= 4 is 23.3 Å². The van der Waals surface area contributed by atoms with Gasteiger partial charge in [-0.1, -0.05) is 33.3 Å². The summed E-state index contributed by atoms with van der Waals surface area (Å²) < 4.78 is 23.2. The van der Waals surface area contributed by atoms with Gasteiger partial charge < -0.3 is 14.9 Å². The predicted molar refractivity (Wildman–Crippen MR) is 124 cm³/mol. The molecular formula is C27H35FO7. The number of unbranched alkanes of at least 4 members (excludes halogenated alkanes) is 1. The number of allylic oxidation sites excluding steroid dienone is 4. The summed E-state index contributed by atoms with van der Waals surface area (Å²) in [5.74, 6) is -4.10. The molecule has 0 radical (unpaired) electrons. The highest BCUT2D eigenvalue weighted by Gasteiger charge is 2.77. The van der Waals surface area contributed by atoms with Crippen LogP contribution in [-0.4, -0.2) is 57.5 Å². The van der Waals surface area contributed by atoms with E-state index in [2.05, 4.69) is 0 Å². The molecule has 0 aromatic carbocycles. The molecule has 4 rings (SSSR count). The van der Waals surface area contributed by atoms with Crippen LogP contribution in [0.25, 0.3) is 0 Å². The molecule has 0 bridgehead atoms. The van der Waals surface area contributed by atoms with E-state index in [9.17, 15) is 29.4 Å². The van der Waals surface area contributed by atoms with Gasteiger partial charge in [0.25, 0.3) is 0 Å². The second kappa shape index (κ2) is 8.44. The van der Waals surface area contributed by atoms with E-state index in [1.54, 1.807) is 13.8 Å². The molecule has 7 nitrogen and oxygen atoms in total. The predicted octanol–water partition coefficient (Wildman–Crippen LogP) is 2.82. The number of hydrogen-bond donors (Lipinski definition) is 2. The molecule has 4 aliphatic carbocycles. The molecule has 8 atom stereocenters. The molecule has 0 aliphatic heterocycles. The molecule has 2 N–H and O–H groups in total. The van der Waals surface area contributed by atoms with Crippen LogP contribution < -0.4 is 0 Å². The summed E-state index contributed by atoms with van der Waals surface area (Å²) in [5.41, 5.74) is -6.65. The molecule has 0 aromatic rings. The van der Waals surface area contributed by atoms with Crippen molar-refractivity contribution in [2.75, 3.05) is 6.61 Å². The molecule has 0 aromatic heterocycles. The maximum Gasteiger partial charge on any atom is 0.306 e. The van der Waals surface area contributed by atoms with Crippen molar-refractivity contribution in [3.8, 4) is 0 Å². The van der Waals surface area contributed by atoms with Gasteiger partial charge in [0, 0.05) is 35.7 Å². The van der Waals surface area contributed by atoms with E-state index in [1.165, 1.54) is 19.1 Å². The largest absolute Gasteiger partial charge is 0.450 e. The quantitative estimate of drug-likeness (QED) is 0.550. The number of hydrogen-bond acceptors (Lipinski definition) is 7. The zero-order valence-electron chi connectivity index (χ0n) is 20.8. The van der Waals surface area contributed by atoms with Crippen molar-refractivity contribution < 1.29 is 38.5 Å². The number of rotatable bonds is 6. The Morgan fingerprint density at radius 3 is 2.54 bits per heavy atom. The third kappa shape index (κ3) is 3.21. The average molecular weight is 491 g/mol. The van der Waals surface area contributed by atoms with E-state index < -0.39 is 70.1 Å². The van der Waals surface area contributed by atoms with Crippen molar-refractivity contribution in [1.29, 1.82) is 0 Å². The normalized spacial score (nSPS) is 44.3. The molecule has 3 fully saturated rings. The number of halogens is 1. The first-order valence-electron chi connectivity index (χ1n) is 12.5. The van der Waals surface area contributed by atoms with Gasteiger partial charge in [-0.3, -0.25) is 19.2 Å². The monoisotopic (exact) mass is 490 g/mol. The maximum atomic E-state index is 17.3. The van der Waals surface area contributed by atoms with Gasteiger partial charge in [0.15, 0.2) is 22.8 Å². The third-order valence-electron chi connectivity index (χ3n) is 9.59. The second-order valence-corrected chi connectivity index (χ2v) is 11.3. The summed E-state index contributed by atoms with van der Waals surface area (Å²) >= 11 is 0. The van der Waals surface area contributed by atoms with Crippen LogP contribution >= 0.6 is 0 Å². The number of ether oxygens (including phenoxy) is 1. The first-order valence-corrected chi connectivity index (χ1v) is 12.5. The maximum absolute atomic E-state index is 17.3. The van der Waals surface area contributed by atoms with Crippen molar-refractivity contribution in [3.05, 3.63) is 23.8 Å². The van der Waals surface area contributed by atoms with Crippen LogP contribution in [0.3, 0.4) is 0 Å². The number of carbonyl (C=O) groups excluding carboxylic acids is 4. The summed E-state index contributed by atoms with van der Waals surface area (Å²) in [4.78, 5) is 51.3. The number of aliphatic hydroxyl groups is 2. The van der Waals surface area contributed by atoms with E-state index in [4.69, 9.17) is 4.74 Å². The molecule has 0 amide bonds. The Morgan fingerprint density at radius 1 is 1.23 bits per heavy atom.